The van der Waals surface area contributed by atoms with Gasteiger partial charge < -0.3 is 33.2 Å². The fraction of sp³-hybridized carbons (Fsp3) is 0.333. The molecule has 0 radical (unpaired) electrons. The normalized spacial score (nSPS) is 24.8. The zero-order valence-electron chi connectivity index (χ0n) is 25.2. The van der Waals surface area contributed by atoms with E-state index < -0.39 is 24.6 Å². The minimum absolute atomic E-state index is 0.334. The summed E-state index contributed by atoms with van der Waals surface area (Å²) < 4.78 is 43.7. The Morgan fingerprint density at radius 1 is 0.682 bits per heavy atom. The Morgan fingerprint density at radius 2 is 1.27 bits per heavy atom. The van der Waals surface area contributed by atoms with Gasteiger partial charge in [0.2, 0.25) is 0 Å². The van der Waals surface area contributed by atoms with Gasteiger partial charge in [-0.3, -0.25) is 0 Å². The zero-order chi connectivity index (χ0) is 30.3. The van der Waals surface area contributed by atoms with Crippen molar-refractivity contribution < 1.29 is 33.2 Å². The number of hydrogen-bond acceptors (Lipinski definition) is 8. The van der Waals surface area contributed by atoms with Crippen molar-refractivity contribution in [2.75, 3.05) is 20.8 Å². The highest BCUT2D eigenvalue weighted by Gasteiger charge is 2.51. The van der Waals surface area contributed by atoms with Gasteiger partial charge in [0.25, 0.3) is 0 Å². The summed E-state index contributed by atoms with van der Waals surface area (Å²) in [7, 11) is 3.32. The van der Waals surface area contributed by atoms with Gasteiger partial charge in [0, 0.05) is 10.5 Å². The van der Waals surface area contributed by atoms with Crippen LogP contribution in [0.2, 0.25) is 0 Å². The molecule has 4 aromatic rings. The van der Waals surface area contributed by atoms with Crippen molar-refractivity contribution in [3.8, 4) is 11.5 Å². The lowest BCUT2D eigenvalue weighted by molar-refractivity contribution is -0.329. The molecule has 0 bridgehead atoms. The van der Waals surface area contributed by atoms with E-state index >= 15 is 0 Å². The molecule has 4 aromatic carbocycles. The molecule has 0 N–H and O–H groups in total. The molecule has 0 spiro atoms. The highest BCUT2D eigenvalue weighted by Crippen LogP contribution is 2.41. The summed E-state index contributed by atoms with van der Waals surface area (Å²) in [6.07, 6.45) is -2.16. The van der Waals surface area contributed by atoms with Gasteiger partial charge in [0.1, 0.15) is 41.4 Å². The number of hydrogen-bond donors (Lipinski definition) is 0. The zero-order valence-corrected chi connectivity index (χ0v) is 26.0. The molecular formula is C36H38O7S. The SMILES string of the molecule is COc1ccc(COC2C(OCc3ccc(OC)cc3)[C@H](Sc3ccc(C)cc3)OC3COC(c4ccccc4)O[C@@H]32)cc1. The highest BCUT2D eigenvalue weighted by atomic mass is 32.2. The van der Waals surface area contributed by atoms with Crippen LogP contribution in [0, 0.1) is 6.92 Å². The maximum atomic E-state index is 6.76. The summed E-state index contributed by atoms with van der Waals surface area (Å²) in [6.45, 7) is 3.21. The first-order valence-electron chi connectivity index (χ1n) is 14.8. The van der Waals surface area contributed by atoms with E-state index in [1.165, 1.54) is 5.56 Å². The van der Waals surface area contributed by atoms with E-state index in [9.17, 15) is 0 Å². The van der Waals surface area contributed by atoms with Crippen LogP contribution in [-0.2, 0) is 36.9 Å². The van der Waals surface area contributed by atoms with Crippen molar-refractivity contribution in [1.29, 1.82) is 0 Å². The minimum Gasteiger partial charge on any atom is -0.497 e. The Labute approximate surface area is 263 Å². The average molecular weight is 615 g/mol. The third-order valence-corrected chi connectivity index (χ3v) is 8.99. The molecule has 230 valence electrons. The maximum absolute atomic E-state index is 6.76. The van der Waals surface area contributed by atoms with E-state index in [4.69, 9.17) is 33.2 Å². The predicted octanol–water partition coefficient (Wildman–Crippen LogP) is 7.11. The van der Waals surface area contributed by atoms with E-state index in [2.05, 4.69) is 31.2 Å². The molecule has 7 nitrogen and oxygen atoms in total. The first kappa shape index (κ1) is 30.6. The molecule has 6 atom stereocenters. The second kappa shape index (κ2) is 14.6. The summed E-state index contributed by atoms with van der Waals surface area (Å²) >= 11 is 1.63. The van der Waals surface area contributed by atoms with E-state index in [1.807, 2.05) is 78.9 Å². The lowest BCUT2D eigenvalue weighted by Gasteiger charge is -2.49. The molecule has 2 aliphatic rings. The molecule has 44 heavy (non-hydrogen) atoms. The lowest BCUT2D eigenvalue weighted by Crippen LogP contribution is -2.62. The number of rotatable bonds is 11. The van der Waals surface area contributed by atoms with Crippen LogP contribution in [0.3, 0.4) is 0 Å². The van der Waals surface area contributed by atoms with Crippen LogP contribution >= 0.6 is 11.8 Å². The van der Waals surface area contributed by atoms with Crippen LogP contribution in [0.25, 0.3) is 0 Å². The first-order chi connectivity index (χ1) is 21.6. The van der Waals surface area contributed by atoms with Crippen molar-refractivity contribution in [2.45, 2.75) is 61.2 Å². The molecule has 0 saturated carbocycles. The van der Waals surface area contributed by atoms with E-state index in [0.717, 1.165) is 33.1 Å². The Morgan fingerprint density at radius 3 is 1.86 bits per heavy atom. The van der Waals surface area contributed by atoms with Gasteiger partial charge in [-0.25, -0.2) is 0 Å². The topological polar surface area (TPSA) is 64.6 Å². The van der Waals surface area contributed by atoms with Crippen LogP contribution in [0.4, 0.5) is 0 Å². The Hall–Kier alpha value is -3.37. The van der Waals surface area contributed by atoms with Gasteiger partial charge in [-0.1, -0.05) is 84.1 Å². The van der Waals surface area contributed by atoms with E-state index in [-0.39, 0.29) is 11.5 Å². The maximum Gasteiger partial charge on any atom is 0.184 e. The Balaban J connectivity index is 1.30. The smallest absolute Gasteiger partial charge is 0.184 e. The fourth-order valence-corrected chi connectivity index (χ4v) is 6.49. The second-order valence-corrected chi connectivity index (χ2v) is 12.1. The van der Waals surface area contributed by atoms with E-state index in [0.29, 0.717) is 19.8 Å². The van der Waals surface area contributed by atoms with Gasteiger partial charge >= 0.3 is 0 Å². The van der Waals surface area contributed by atoms with Gasteiger partial charge in [-0.05, 0) is 54.4 Å². The van der Waals surface area contributed by atoms with Crippen LogP contribution in [0.1, 0.15) is 28.5 Å². The molecule has 2 aliphatic heterocycles. The molecule has 2 saturated heterocycles. The molecule has 8 heteroatoms. The van der Waals surface area contributed by atoms with Crippen LogP contribution < -0.4 is 9.47 Å². The summed E-state index contributed by atoms with van der Waals surface area (Å²) in [5.74, 6) is 1.60. The van der Waals surface area contributed by atoms with Crippen molar-refractivity contribution in [2.24, 2.45) is 0 Å². The first-order valence-corrected chi connectivity index (χ1v) is 15.7. The van der Waals surface area contributed by atoms with Crippen molar-refractivity contribution in [1.82, 2.24) is 0 Å². The van der Waals surface area contributed by atoms with Crippen LogP contribution in [0.5, 0.6) is 11.5 Å². The Kier molecular flexibility index (Phi) is 10.2. The fourth-order valence-electron chi connectivity index (χ4n) is 5.37. The summed E-state index contributed by atoms with van der Waals surface area (Å²) in [6, 6.07) is 34.2. The number of benzene rings is 4. The minimum atomic E-state index is -0.531. The number of ether oxygens (including phenoxy) is 7. The second-order valence-electron chi connectivity index (χ2n) is 10.9. The molecule has 2 heterocycles. The largest absolute Gasteiger partial charge is 0.497 e. The molecule has 4 unspecified atom stereocenters. The van der Waals surface area contributed by atoms with Gasteiger partial charge in [0.15, 0.2) is 6.29 Å². The van der Waals surface area contributed by atoms with Crippen molar-refractivity contribution in [3.63, 3.8) is 0 Å². The standard InChI is InChI=1S/C36H38O7S/c1-24-9-19-30(20-10-24)44-36-34(40-22-26-13-17-29(38-3)18-14-26)33(39-21-25-11-15-28(37-2)16-12-25)32-31(42-36)23-41-35(43-32)27-7-5-4-6-8-27/h4-20,31-36H,21-23H2,1-3H3/t31?,32-,33?,34?,35?,36-/m0/s1. The number of methoxy groups -OCH3 is 2. The quantitative estimate of drug-likeness (QED) is 0.177. The lowest BCUT2D eigenvalue weighted by atomic mass is 9.98. The summed E-state index contributed by atoms with van der Waals surface area (Å²) in [5.41, 5.74) is 3.84. The molecule has 0 aliphatic carbocycles. The predicted molar refractivity (Wildman–Crippen MR) is 169 cm³/mol. The molecular weight excluding hydrogens is 576 g/mol. The average Bonchev–Trinajstić information content (AvgIpc) is 3.08. The number of aryl methyl sites for hydroxylation is 1. The van der Waals surface area contributed by atoms with E-state index in [1.54, 1.807) is 26.0 Å². The van der Waals surface area contributed by atoms with Crippen molar-refractivity contribution >= 4 is 11.8 Å². The Bertz CT molecular complexity index is 1450. The van der Waals surface area contributed by atoms with Gasteiger partial charge in [-0.15, -0.1) is 0 Å². The molecule has 6 rings (SSSR count). The monoisotopic (exact) mass is 614 g/mol. The van der Waals surface area contributed by atoms with Crippen LogP contribution in [-0.4, -0.2) is 50.7 Å². The number of thioether (sulfide) groups is 1. The third-order valence-electron chi connectivity index (χ3n) is 7.83. The summed E-state index contributed by atoms with van der Waals surface area (Å²) in [5, 5.41) is 0. The summed E-state index contributed by atoms with van der Waals surface area (Å²) in [4.78, 5) is 1.09. The van der Waals surface area contributed by atoms with Crippen molar-refractivity contribution in [3.05, 3.63) is 125 Å². The van der Waals surface area contributed by atoms with Gasteiger partial charge in [0.05, 0.1) is 34.0 Å². The molecule has 2 fully saturated rings. The third kappa shape index (κ3) is 7.46. The highest BCUT2D eigenvalue weighted by molar-refractivity contribution is 7.99. The number of fused-ring (bicyclic) bond motifs is 1. The molecule has 0 amide bonds. The van der Waals surface area contributed by atoms with Gasteiger partial charge in [-0.2, -0.15) is 0 Å². The van der Waals surface area contributed by atoms with Crippen LogP contribution in [0.15, 0.2) is 108 Å². The molecule has 0 aromatic heterocycles.